The summed E-state index contributed by atoms with van der Waals surface area (Å²) < 4.78 is 0. The van der Waals surface area contributed by atoms with Crippen LogP contribution < -0.4 is 10.6 Å². The average molecular weight is 266 g/mol. The van der Waals surface area contributed by atoms with Crippen molar-refractivity contribution < 1.29 is 4.79 Å². The van der Waals surface area contributed by atoms with E-state index in [-0.39, 0.29) is 17.5 Å². The monoisotopic (exact) mass is 266 g/mol. The Hall–Kier alpha value is -0.570. The second kappa shape index (κ2) is 6.25. The number of amides is 1. The molecule has 2 aliphatic rings. The van der Waals surface area contributed by atoms with Crippen molar-refractivity contribution in [2.45, 2.75) is 89.8 Å². The van der Waals surface area contributed by atoms with Crippen molar-refractivity contribution >= 4 is 5.91 Å². The first-order valence-corrected chi connectivity index (χ1v) is 8.10. The Morgan fingerprint density at radius 1 is 1.21 bits per heavy atom. The van der Waals surface area contributed by atoms with E-state index in [1.807, 2.05) is 0 Å². The molecule has 0 spiro atoms. The Morgan fingerprint density at radius 2 is 1.95 bits per heavy atom. The smallest absolute Gasteiger partial charge is 0.237 e. The third-order valence-corrected chi connectivity index (χ3v) is 4.80. The molecule has 0 aromatic carbocycles. The van der Waals surface area contributed by atoms with E-state index in [1.54, 1.807) is 0 Å². The first-order chi connectivity index (χ1) is 9.02. The summed E-state index contributed by atoms with van der Waals surface area (Å²) in [5.74, 6) is 1.03. The van der Waals surface area contributed by atoms with Crippen LogP contribution in [0.3, 0.4) is 0 Å². The molecule has 2 N–H and O–H groups in total. The number of fused-ring (bicyclic) bond motifs is 1. The molecule has 3 heteroatoms. The van der Waals surface area contributed by atoms with Gasteiger partial charge in [-0.15, -0.1) is 0 Å². The van der Waals surface area contributed by atoms with E-state index in [2.05, 4.69) is 31.4 Å². The standard InChI is InChI=1S/C16H30N2O/c1-4-11-16(2,3)18-15(19)14-10-9-12-7-5-6-8-13(12)17-14/h12-14,17H,4-11H2,1-3H3,(H,18,19). The van der Waals surface area contributed by atoms with Gasteiger partial charge in [0.25, 0.3) is 0 Å². The lowest BCUT2D eigenvalue weighted by molar-refractivity contribution is -0.126. The number of piperidine rings is 1. The second-order valence-corrected chi connectivity index (χ2v) is 7.07. The van der Waals surface area contributed by atoms with Crippen LogP contribution in [0.2, 0.25) is 0 Å². The molecule has 0 aromatic rings. The molecule has 2 rings (SSSR count). The van der Waals surface area contributed by atoms with E-state index < -0.39 is 0 Å². The summed E-state index contributed by atoms with van der Waals surface area (Å²) in [5.41, 5.74) is -0.0725. The highest BCUT2D eigenvalue weighted by molar-refractivity contribution is 5.82. The van der Waals surface area contributed by atoms with Crippen LogP contribution in [0.25, 0.3) is 0 Å². The molecule has 19 heavy (non-hydrogen) atoms. The first kappa shape index (κ1) is 14.8. The van der Waals surface area contributed by atoms with Crippen LogP contribution in [0.5, 0.6) is 0 Å². The lowest BCUT2D eigenvalue weighted by Gasteiger charge is -2.40. The summed E-state index contributed by atoms with van der Waals surface area (Å²) in [7, 11) is 0. The van der Waals surface area contributed by atoms with E-state index >= 15 is 0 Å². The molecule has 3 nitrogen and oxygen atoms in total. The van der Waals surface area contributed by atoms with Gasteiger partial charge in [0.2, 0.25) is 5.91 Å². The number of carbonyl (C=O) groups is 1. The van der Waals surface area contributed by atoms with Gasteiger partial charge in [-0.1, -0.05) is 26.2 Å². The Kier molecular flexibility index (Phi) is 4.88. The Balaban J connectivity index is 1.86. The molecule has 1 saturated heterocycles. The highest BCUT2D eigenvalue weighted by Crippen LogP contribution is 2.32. The van der Waals surface area contributed by atoms with Crippen LogP contribution in [-0.4, -0.2) is 23.5 Å². The van der Waals surface area contributed by atoms with E-state index in [9.17, 15) is 4.79 Å². The molecule has 1 aliphatic heterocycles. The van der Waals surface area contributed by atoms with Gasteiger partial charge in [0.1, 0.15) is 0 Å². The number of nitrogens with one attached hydrogen (secondary N) is 2. The molecule has 1 saturated carbocycles. The minimum absolute atomic E-state index is 0.0375. The van der Waals surface area contributed by atoms with Crippen molar-refractivity contribution in [3.05, 3.63) is 0 Å². The van der Waals surface area contributed by atoms with E-state index in [0.717, 1.165) is 25.2 Å². The normalized spacial score (nSPS) is 31.6. The van der Waals surface area contributed by atoms with E-state index in [0.29, 0.717) is 6.04 Å². The highest BCUT2D eigenvalue weighted by Gasteiger charge is 2.35. The van der Waals surface area contributed by atoms with Gasteiger partial charge in [0.05, 0.1) is 6.04 Å². The van der Waals surface area contributed by atoms with Gasteiger partial charge < -0.3 is 10.6 Å². The van der Waals surface area contributed by atoms with Gasteiger partial charge in [-0.25, -0.2) is 0 Å². The van der Waals surface area contributed by atoms with Gasteiger partial charge in [0.15, 0.2) is 0 Å². The van der Waals surface area contributed by atoms with Gasteiger partial charge in [-0.3, -0.25) is 4.79 Å². The summed E-state index contributed by atoms with van der Waals surface area (Å²) in [4.78, 5) is 12.4. The third-order valence-electron chi connectivity index (χ3n) is 4.80. The fourth-order valence-electron chi connectivity index (χ4n) is 3.81. The third kappa shape index (κ3) is 3.95. The maximum Gasteiger partial charge on any atom is 0.237 e. The Bertz CT molecular complexity index is 314. The average Bonchev–Trinajstić information content (AvgIpc) is 2.37. The first-order valence-electron chi connectivity index (χ1n) is 8.10. The van der Waals surface area contributed by atoms with Gasteiger partial charge >= 0.3 is 0 Å². The van der Waals surface area contributed by atoms with Gasteiger partial charge in [0, 0.05) is 11.6 Å². The zero-order valence-electron chi connectivity index (χ0n) is 12.8. The second-order valence-electron chi connectivity index (χ2n) is 7.07. The summed E-state index contributed by atoms with van der Waals surface area (Å²) >= 11 is 0. The molecule has 1 heterocycles. The molecule has 1 aliphatic carbocycles. The maximum atomic E-state index is 12.4. The number of rotatable bonds is 4. The maximum absolute atomic E-state index is 12.4. The number of hydrogen-bond donors (Lipinski definition) is 2. The minimum atomic E-state index is -0.0725. The lowest BCUT2D eigenvalue weighted by Crippen LogP contribution is -2.58. The predicted octanol–water partition coefficient (Wildman–Crippen LogP) is 2.99. The van der Waals surface area contributed by atoms with Crippen molar-refractivity contribution in [3.8, 4) is 0 Å². The molecule has 0 aromatic heterocycles. The van der Waals surface area contributed by atoms with Crippen molar-refractivity contribution in [1.82, 2.24) is 10.6 Å². The van der Waals surface area contributed by atoms with Crippen LogP contribution in [0.15, 0.2) is 0 Å². The largest absolute Gasteiger partial charge is 0.350 e. The Labute approximate surface area is 117 Å². The Morgan fingerprint density at radius 3 is 2.68 bits per heavy atom. The summed E-state index contributed by atoms with van der Waals surface area (Å²) in [6, 6.07) is 0.628. The van der Waals surface area contributed by atoms with Crippen molar-refractivity contribution in [2.24, 2.45) is 5.92 Å². The van der Waals surface area contributed by atoms with Gasteiger partial charge in [-0.2, -0.15) is 0 Å². The highest BCUT2D eigenvalue weighted by atomic mass is 16.2. The minimum Gasteiger partial charge on any atom is -0.350 e. The van der Waals surface area contributed by atoms with E-state index in [4.69, 9.17) is 0 Å². The zero-order chi connectivity index (χ0) is 13.9. The van der Waals surface area contributed by atoms with E-state index in [1.165, 1.54) is 32.1 Å². The molecule has 3 unspecified atom stereocenters. The molecular formula is C16H30N2O. The van der Waals surface area contributed by atoms with Crippen molar-refractivity contribution in [2.75, 3.05) is 0 Å². The van der Waals surface area contributed by atoms with Crippen molar-refractivity contribution in [3.63, 3.8) is 0 Å². The molecule has 1 amide bonds. The predicted molar refractivity (Wildman–Crippen MR) is 79.0 cm³/mol. The zero-order valence-corrected chi connectivity index (χ0v) is 12.8. The fraction of sp³-hybridized carbons (Fsp3) is 0.938. The molecular weight excluding hydrogens is 236 g/mol. The molecule has 2 fully saturated rings. The van der Waals surface area contributed by atoms with Crippen LogP contribution in [-0.2, 0) is 4.79 Å². The SMILES string of the molecule is CCCC(C)(C)NC(=O)C1CCC2CCCCC2N1. The fourth-order valence-corrected chi connectivity index (χ4v) is 3.81. The lowest BCUT2D eigenvalue weighted by atomic mass is 9.77. The topological polar surface area (TPSA) is 41.1 Å². The van der Waals surface area contributed by atoms with Crippen molar-refractivity contribution in [1.29, 1.82) is 0 Å². The van der Waals surface area contributed by atoms with Gasteiger partial charge in [-0.05, 0) is 51.9 Å². The summed E-state index contributed by atoms with van der Waals surface area (Å²) in [5, 5.41) is 6.83. The molecule has 110 valence electrons. The van der Waals surface area contributed by atoms with Crippen LogP contribution in [0, 0.1) is 5.92 Å². The molecule has 0 radical (unpaired) electrons. The molecule has 0 bridgehead atoms. The quantitative estimate of drug-likeness (QED) is 0.821. The number of carbonyl (C=O) groups excluding carboxylic acids is 1. The summed E-state index contributed by atoms with van der Waals surface area (Å²) in [6.45, 7) is 6.42. The summed E-state index contributed by atoms with van der Waals surface area (Å²) in [6.07, 6.45) is 9.69. The molecule has 3 atom stereocenters. The number of hydrogen-bond acceptors (Lipinski definition) is 2. The van der Waals surface area contributed by atoms with Crippen LogP contribution >= 0.6 is 0 Å². The van der Waals surface area contributed by atoms with Crippen LogP contribution in [0.1, 0.15) is 72.1 Å². The van der Waals surface area contributed by atoms with Crippen LogP contribution in [0.4, 0.5) is 0 Å².